The third kappa shape index (κ3) is 4.33. The molecule has 16 heavy (non-hydrogen) atoms. The first-order valence-corrected chi connectivity index (χ1v) is 6.41. The van der Waals surface area contributed by atoms with E-state index in [2.05, 4.69) is 21.2 Å². The molecule has 1 rings (SSSR count). The minimum atomic E-state index is 0.0147. The van der Waals surface area contributed by atoms with Crippen molar-refractivity contribution in [1.82, 2.24) is 0 Å². The Hall–Kier alpha value is -0.870. The second-order valence-electron chi connectivity index (χ2n) is 3.28. The zero-order valence-corrected chi connectivity index (χ0v) is 10.9. The number of para-hydroxylation sites is 1. The van der Waals surface area contributed by atoms with E-state index in [0.717, 1.165) is 11.3 Å². The van der Waals surface area contributed by atoms with Crippen LogP contribution in [0.25, 0.3) is 0 Å². The summed E-state index contributed by atoms with van der Waals surface area (Å²) >= 11 is 3.24. The number of carbonyl (C=O) groups excluding carboxylic acids is 1. The van der Waals surface area contributed by atoms with Crippen molar-refractivity contribution in [2.24, 2.45) is 0 Å². The first kappa shape index (κ1) is 13.2. The van der Waals surface area contributed by atoms with Gasteiger partial charge in [-0.1, -0.05) is 34.1 Å². The maximum atomic E-state index is 11.5. The Labute approximate surface area is 104 Å². The normalized spacial score (nSPS) is 10.1. The summed E-state index contributed by atoms with van der Waals surface area (Å²) in [5, 5.41) is 3.54. The molecule has 0 aliphatic rings. The van der Waals surface area contributed by atoms with Crippen molar-refractivity contribution in [2.45, 2.75) is 20.0 Å². The van der Waals surface area contributed by atoms with Gasteiger partial charge in [0.15, 0.2) is 0 Å². The lowest BCUT2D eigenvalue weighted by molar-refractivity contribution is -0.115. The first-order valence-electron chi connectivity index (χ1n) is 5.29. The van der Waals surface area contributed by atoms with E-state index in [1.807, 2.05) is 31.2 Å². The first-order chi connectivity index (χ1) is 7.77. The average molecular weight is 286 g/mol. The summed E-state index contributed by atoms with van der Waals surface area (Å²) in [6, 6.07) is 7.69. The number of nitrogens with one attached hydrogen (secondary N) is 1. The summed E-state index contributed by atoms with van der Waals surface area (Å²) in [5.41, 5.74) is 1.84. The van der Waals surface area contributed by atoms with Crippen molar-refractivity contribution in [2.75, 3.05) is 17.3 Å². The molecule has 3 nitrogen and oxygen atoms in total. The molecule has 0 radical (unpaired) electrons. The molecule has 1 aromatic carbocycles. The molecular formula is C12H16BrNO2. The van der Waals surface area contributed by atoms with Gasteiger partial charge in [-0.2, -0.15) is 0 Å². The van der Waals surface area contributed by atoms with Gasteiger partial charge in [0.05, 0.1) is 6.61 Å². The maximum Gasteiger partial charge on any atom is 0.225 e. The van der Waals surface area contributed by atoms with Gasteiger partial charge in [0.25, 0.3) is 0 Å². The second kappa shape index (κ2) is 7.41. The van der Waals surface area contributed by atoms with Crippen LogP contribution in [0.3, 0.4) is 0 Å². The number of hydrogen-bond donors (Lipinski definition) is 1. The van der Waals surface area contributed by atoms with Crippen molar-refractivity contribution in [3.8, 4) is 0 Å². The van der Waals surface area contributed by atoms with E-state index in [-0.39, 0.29) is 5.91 Å². The molecule has 88 valence electrons. The summed E-state index contributed by atoms with van der Waals surface area (Å²) in [6.45, 7) is 3.15. The highest BCUT2D eigenvalue weighted by molar-refractivity contribution is 9.09. The van der Waals surface area contributed by atoms with E-state index < -0.39 is 0 Å². The minimum Gasteiger partial charge on any atom is -0.377 e. The number of hydrogen-bond acceptors (Lipinski definition) is 2. The van der Waals surface area contributed by atoms with Crippen LogP contribution in [-0.4, -0.2) is 17.8 Å². The summed E-state index contributed by atoms with van der Waals surface area (Å²) in [7, 11) is 0. The third-order valence-corrected chi connectivity index (χ3v) is 2.47. The number of ether oxygens (including phenoxy) is 1. The number of carbonyl (C=O) groups is 1. The van der Waals surface area contributed by atoms with Gasteiger partial charge in [0.2, 0.25) is 5.91 Å². The fraction of sp³-hybridized carbons (Fsp3) is 0.417. The molecule has 0 unspecified atom stereocenters. The van der Waals surface area contributed by atoms with Crippen LogP contribution in [0.4, 0.5) is 5.69 Å². The van der Waals surface area contributed by atoms with Gasteiger partial charge in [-0.15, -0.1) is 0 Å². The number of alkyl halides is 1. The lowest BCUT2D eigenvalue weighted by Crippen LogP contribution is -2.13. The van der Waals surface area contributed by atoms with Gasteiger partial charge in [-0.25, -0.2) is 0 Å². The Morgan fingerprint density at radius 1 is 1.44 bits per heavy atom. The Kier molecular flexibility index (Phi) is 6.11. The van der Waals surface area contributed by atoms with Gasteiger partial charge in [0, 0.05) is 29.6 Å². The monoisotopic (exact) mass is 285 g/mol. The molecule has 0 fully saturated rings. The number of benzene rings is 1. The molecule has 0 aliphatic heterocycles. The lowest BCUT2D eigenvalue weighted by atomic mass is 10.2. The van der Waals surface area contributed by atoms with Crippen molar-refractivity contribution >= 4 is 27.5 Å². The topological polar surface area (TPSA) is 38.3 Å². The van der Waals surface area contributed by atoms with Gasteiger partial charge in [0.1, 0.15) is 0 Å². The highest BCUT2D eigenvalue weighted by Crippen LogP contribution is 2.16. The zero-order chi connectivity index (χ0) is 11.8. The van der Waals surface area contributed by atoms with Crippen molar-refractivity contribution in [1.29, 1.82) is 0 Å². The molecule has 1 amide bonds. The largest absolute Gasteiger partial charge is 0.377 e. The molecule has 0 bridgehead atoms. The van der Waals surface area contributed by atoms with Gasteiger partial charge in [-0.3, -0.25) is 4.79 Å². The van der Waals surface area contributed by atoms with E-state index in [0.29, 0.717) is 25.0 Å². The summed E-state index contributed by atoms with van der Waals surface area (Å²) in [4.78, 5) is 11.5. The predicted molar refractivity (Wildman–Crippen MR) is 68.8 cm³/mol. The van der Waals surface area contributed by atoms with Crippen molar-refractivity contribution in [3.63, 3.8) is 0 Å². The molecule has 0 heterocycles. The van der Waals surface area contributed by atoms with Crippen LogP contribution in [0.5, 0.6) is 0 Å². The second-order valence-corrected chi connectivity index (χ2v) is 4.07. The van der Waals surface area contributed by atoms with Crippen LogP contribution >= 0.6 is 15.9 Å². The van der Waals surface area contributed by atoms with E-state index in [1.165, 1.54) is 0 Å². The van der Waals surface area contributed by atoms with Crippen molar-refractivity contribution < 1.29 is 9.53 Å². The average Bonchev–Trinajstić information content (AvgIpc) is 2.28. The number of rotatable bonds is 6. The summed E-state index contributed by atoms with van der Waals surface area (Å²) in [5.74, 6) is 0.0147. The SMILES string of the molecule is CCOCc1ccccc1NC(=O)CCBr. The molecule has 0 aromatic heterocycles. The van der Waals surface area contributed by atoms with Gasteiger partial charge in [-0.05, 0) is 13.0 Å². The molecule has 0 saturated carbocycles. The Morgan fingerprint density at radius 3 is 2.88 bits per heavy atom. The molecule has 1 N–H and O–H groups in total. The Morgan fingerprint density at radius 2 is 2.19 bits per heavy atom. The fourth-order valence-corrected chi connectivity index (χ4v) is 1.64. The number of anilines is 1. The maximum absolute atomic E-state index is 11.5. The number of amides is 1. The molecule has 0 spiro atoms. The zero-order valence-electron chi connectivity index (χ0n) is 9.33. The van der Waals surface area contributed by atoms with E-state index in [1.54, 1.807) is 0 Å². The van der Waals surface area contributed by atoms with Gasteiger partial charge >= 0.3 is 0 Å². The van der Waals surface area contributed by atoms with E-state index >= 15 is 0 Å². The number of halogens is 1. The van der Waals surface area contributed by atoms with Gasteiger partial charge < -0.3 is 10.1 Å². The minimum absolute atomic E-state index is 0.0147. The Balaban J connectivity index is 2.66. The van der Waals surface area contributed by atoms with Crippen LogP contribution in [-0.2, 0) is 16.1 Å². The molecule has 0 atom stereocenters. The molecule has 0 saturated heterocycles. The molecular weight excluding hydrogens is 270 g/mol. The molecule has 0 aliphatic carbocycles. The highest BCUT2D eigenvalue weighted by atomic mass is 79.9. The predicted octanol–water partition coefficient (Wildman–Crippen LogP) is 2.95. The highest BCUT2D eigenvalue weighted by Gasteiger charge is 2.05. The van der Waals surface area contributed by atoms with Crippen LogP contribution < -0.4 is 5.32 Å². The van der Waals surface area contributed by atoms with E-state index in [9.17, 15) is 4.79 Å². The lowest BCUT2D eigenvalue weighted by Gasteiger charge is -2.10. The van der Waals surface area contributed by atoms with E-state index in [4.69, 9.17) is 4.74 Å². The smallest absolute Gasteiger partial charge is 0.225 e. The van der Waals surface area contributed by atoms with Crippen LogP contribution in [0.15, 0.2) is 24.3 Å². The standard InChI is InChI=1S/C12H16BrNO2/c1-2-16-9-10-5-3-4-6-11(10)14-12(15)7-8-13/h3-6H,2,7-9H2,1H3,(H,14,15). The van der Waals surface area contributed by atoms with Crippen LogP contribution in [0, 0.1) is 0 Å². The van der Waals surface area contributed by atoms with Crippen molar-refractivity contribution in [3.05, 3.63) is 29.8 Å². The Bertz CT molecular complexity index is 342. The quantitative estimate of drug-likeness (QED) is 0.816. The summed E-state index contributed by atoms with van der Waals surface area (Å²) < 4.78 is 5.34. The molecule has 4 heteroatoms. The summed E-state index contributed by atoms with van der Waals surface area (Å²) in [6.07, 6.45) is 0.475. The van der Waals surface area contributed by atoms with Crippen LogP contribution in [0.1, 0.15) is 18.9 Å². The third-order valence-electron chi connectivity index (χ3n) is 2.07. The fourth-order valence-electron chi connectivity index (χ4n) is 1.28. The van der Waals surface area contributed by atoms with Crippen LogP contribution in [0.2, 0.25) is 0 Å². The molecule has 1 aromatic rings.